The summed E-state index contributed by atoms with van der Waals surface area (Å²) in [6.07, 6.45) is 5.20. The van der Waals surface area contributed by atoms with E-state index in [1.807, 2.05) is 24.4 Å². The predicted octanol–water partition coefficient (Wildman–Crippen LogP) is 2.76. The summed E-state index contributed by atoms with van der Waals surface area (Å²) in [5, 5.41) is 4.85. The number of thiophene rings is 1. The second kappa shape index (κ2) is 7.61. The van der Waals surface area contributed by atoms with Gasteiger partial charge in [0.1, 0.15) is 12.1 Å². The van der Waals surface area contributed by atoms with E-state index < -0.39 is 11.6 Å². The fourth-order valence-electron chi connectivity index (χ4n) is 3.88. The summed E-state index contributed by atoms with van der Waals surface area (Å²) in [5.41, 5.74) is -0.827. The summed E-state index contributed by atoms with van der Waals surface area (Å²) in [4.78, 5) is 42.0. The van der Waals surface area contributed by atoms with Gasteiger partial charge in [0.2, 0.25) is 5.91 Å². The van der Waals surface area contributed by atoms with Crippen LogP contribution in [0.5, 0.6) is 0 Å². The van der Waals surface area contributed by atoms with E-state index in [0.29, 0.717) is 19.5 Å². The topological polar surface area (TPSA) is 69.7 Å². The van der Waals surface area contributed by atoms with Gasteiger partial charge in [-0.3, -0.25) is 14.5 Å². The Hall–Kier alpha value is -2.15. The van der Waals surface area contributed by atoms with Crippen molar-refractivity contribution in [2.24, 2.45) is 5.92 Å². The van der Waals surface area contributed by atoms with Crippen LogP contribution in [0.25, 0.3) is 0 Å². The lowest BCUT2D eigenvalue weighted by molar-refractivity contribution is -0.140. The van der Waals surface area contributed by atoms with Gasteiger partial charge < -0.3 is 10.2 Å². The molecule has 7 heteroatoms. The van der Waals surface area contributed by atoms with Gasteiger partial charge in [0.15, 0.2) is 0 Å². The van der Waals surface area contributed by atoms with Crippen molar-refractivity contribution in [2.75, 3.05) is 13.1 Å². The standard InChI is InChI=1S/C19H25N3O3S/c1-3-10-21(12-15-8-6-11-26-15)16(23)13-22-17(24)19(20-18(22)25)9-5-4-7-14(19)2/h3,6,8,11,14H,1,4-5,7,9-10,12-13H2,2H3,(H,20,25)/t14-,19-/m1/s1. The van der Waals surface area contributed by atoms with Gasteiger partial charge in [0.05, 0.1) is 6.54 Å². The van der Waals surface area contributed by atoms with Crippen LogP contribution in [0.4, 0.5) is 4.79 Å². The number of carbonyl (C=O) groups excluding carboxylic acids is 3. The van der Waals surface area contributed by atoms with E-state index in [1.54, 1.807) is 22.3 Å². The second-order valence-electron chi connectivity index (χ2n) is 7.08. The van der Waals surface area contributed by atoms with E-state index in [1.165, 1.54) is 0 Å². The van der Waals surface area contributed by atoms with Crippen LogP contribution in [0.15, 0.2) is 30.2 Å². The fraction of sp³-hybridized carbons (Fsp3) is 0.526. The average Bonchev–Trinajstić information content (AvgIpc) is 3.20. The largest absolute Gasteiger partial charge is 0.332 e. The first-order valence-electron chi connectivity index (χ1n) is 9.03. The number of hydrogen-bond acceptors (Lipinski definition) is 4. The molecule has 0 aromatic carbocycles. The van der Waals surface area contributed by atoms with Crippen LogP contribution < -0.4 is 5.32 Å². The summed E-state index contributed by atoms with van der Waals surface area (Å²) in [6, 6.07) is 3.44. The predicted molar refractivity (Wildman–Crippen MR) is 101 cm³/mol. The summed E-state index contributed by atoms with van der Waals surface area (Å²) >= 11 is 1.57. The number of carbonyl (C=O) groups is 3. The quantitative estimate of drug-likeness (QED) is 0.614. The van der Waals surface area contributed by atoms with Crippen LogP contribution in [-0.4, -0.2) is 46.3 Å². The van der Waals surface area contributed by atoms with Gasteiger partial charge in [0.25, 0.3) is 5.91 Å². The van der Waals surface area contributed by atoms with Crippen molar-refractivity contribution in [3.63, 3.8) is 0 Å². The molecular formula is C19H25N3O3S. The van der Waals surface area contributed by atoms with Crippen molar-refractivity contribution in [3.05, 3.63) is 35.0 Å². The van der Waals surface area contributed by atoms with Crippen LogP contribution in [0.1, 0.15) is 37.5 Å². The third-order valence-electron chi connectivity index (χ3n) is 5.42. The highest BCUT2D eigenvalue weighted by Crippen LogP contribution is 2.38. The first-order valence-corrected chi connectivity index (χ1v) is 9.91. The molecule has 1 aliphatic carbocycles. The Morgan fingerprint density at radius 1 is 1.50 bits per heavy atom. The van der Waals surface area contributed by atoms with Crippen LogP contribution in [0, 0.1) is 5.92 Å². The molecule has 1 saturated carbocycles. The summed E-state index contributed by atoms with van der Waals surface area (Å²) < 4.78 is 0. The zero-order valence-electron chi connectivity index (χ0n) is 15.1. The van der Waals surface area contributed by atoms with Crippen molar-refractivity contribution in [2.45, 2.75) is 44.7 Å². The van der Waals surface area contributed by atoms with Gasteiger partial charge in [-0.05, 0) is 30.2 Å². The molecule has 1 saturated heterocycles. The smallest absolute Gasteiger partial charge is 0.325 e. The minimum Gasteiger partial charge on any atom is -0.332 e. The second-order valence-corrected chi connectivity index (χ2v) is 8.11. The zero-order chi connectivity index (χ0) is 18.7. The lowest BCUT2D eigenvalue weighted by atomic mass is 9.73. The SMILES string of the molecule is C=CCN(Cc1cccs1)C(=O)CN1C(=O)N[C@@]2(CCCC[C@H]2C)C1=O. The number of nitrogens with zero attached hydrogens (tertiary/aromatic N) is 2. The highest BCUT2D eigenvalue weighted by atomic mass is 32.1. The van der Waals surface area contributed by atoms with E-state index in [-0.39, 0.29) is 24.3 Å². The van der Waals surface area contributed by atoms with Gasteiger partial charge in [0, 0.05) is 11.4 Å². The van der Waals surface area contributed by atoms with Crippen molar-refractivity contribution in [3.8, 4) is 0 Å². The Bertz CT molecular complexity index is 703. The van der Waals surface area contributed by atoms with Crippen LogP contribution in [0.2, 0.25) is 0 Å². The van der Waals surface area contributed by atoms with Crippen molar-refractivity contribution < 1.29 is 14.4 Å². The number of nitrogens with one attached hydrogen (secondary N) is 1. The Balaban J connectivity index is 1.72. The molecule has 1 aliphatic heterocycles. The first-order chi connectivity index (χ1) is 12.5. The normalized spacial score (nSPS) is 25.4. The van der Waals surface area contributed by atoms with Crippen molar-refractivity contribution in [1.29, 1.82) is 0 Å². The molecule has 1 N–H and O–H groups in total. The third kappa shape index (κ3) is 3.40. The highest BCUT2D eigenvalue weighted by molar-refractivity contribution is 7.09. The molecule has 4 amide bonds. The van der Waals surface area contributed by atoms with Gasteiger partial charge in [-0.1, -0.05) is 31.9 Å². The Labute approximate surface area is 157 Å². The zero-order valence-corrected chi connectivity index (χ0v) is 15.9. The number of rotatable bonds is 6. The molecule has 2 heterocycles. The van der Waals surface area contributed by atoms with Gasteiger partial charge in [-0.15, -0.1) is 17.9 Å². The molecule has 2 fully saturated rings. The Morgan fingerprint density at radius 3 is 2.96 bits per heavy atom. The van der Waals surface area contributed by atoms with E-state index in [9.17, 15) is 14.4 Å². The van der Waals surface area contributed by atoms with Crippen molar-refractivity contribution >= 4 is 29.2 Å². The summed E-state index contributed by atoms with van der Waals surface area (Å²) in [6.45, 7) is 6.31. The Kier molecular flexibility index (Phi) is 5.46. The fourth-order valence-corrected chi connectivity index (χ4v) is 4.59. The molecule has 3 rings (SSSR count). The molecular weight excluding hydrogens is 350 g/mol. The molecule has 1 spiro atoms. The number of amides is 4. The van der Waals surface area contributed by atoms with E-state index in [4.69, 9.17) is 0 Å². The first kappa shape index (κ1) is 18.6. The highest BCUT2D eigenvalue weighted by Gasteiger charge is 2.55. The minimum absolute atomic E-state index is 0.0863. The maximum Gasteiger partial charge on any atom is 0.325 e. The summed E-state index contributed by atoms with van der Waals surface area (Å²) in [5.74, 6) is -0.414. The molecule has 0 bridgehead atoms. The number of urea groups is 1. The minimum atomic E-state index is -0.827. The van der Waals surface area contributed by atoms with Gasteiger partial charge in [-0.2, -0.15) is 0 Å². The Morgan fingerprint density at radius 2 is 2.31 bits per heavy atom. The van der Waals surface area contributed by atoms with Crippen molar-refractivity contribution in [1.82, 2.24) is 15.1 Å². The van der Waals surface area contributed by atoms with E-state index >= 15 is 0 Å². The lowest BCUT2D eigenvalue weighted by Gasteiger charge is -2.36. The van der Waals surface area contributed by atoms with E-state index in [2.05, 4.69) is 11.9 Å². The monoisotopic (exact) mass is 375 g/mol. The molecule has 6 nitrogen and oxygen atoms in total. The number of hydrogen-bond donors (Lipinski definition) is 1. The maximum atomic E-state index is 13.0. The van der Waals surface area contributed by atoms with Crippen LogP contribution in [-0.2, 0) is 16.1 Å². The van der Waals surface area contributed by atoms with E-state index in [0.717, 1.165) is 29.0 Å². The maximum absolute atomic E-state index is 13.0. The summed E-state index contributed by atoms with van der Waals surface area (Å²) in [7, 11) is 0. The molecule has 2 atom stereocenters. The lowest BCUT2D eigenvalue weighted by Crippen LogP contribution is -2.54. The molecule has 1 aromatic rings. The molecule has 1 aromatic heterocycles. The third-order valence-corrected chi connectivity index (χ3v) is 6.28. The molecule has 0 unspecified atom stereocenters. The van der Waals surface area contributed by atoms with Crippen LogP contribution in [0.3, 0.4) is 0 Å². The van der Waals surface area contributed by atoms with Crippen LogP contribution >= 0.6 is 11.3 Å². The van der Waals surface area contributed by atoms with Gasteiger partial charge in [-0.25, -0.2) is 4.79 Å². The van der Waals surface area contributed by atoms with Gasteiger partial charge >= 0.3 is 6.03 Å². The number of imide groups is 1. The average molecular weight is 375 g/mol. The molecule has 2 aliphatic rings. The molecule has 140 valence electrons. The molecule has 26 heavy (non-hydrogen) atoms. The molecule has 0 radical (unpaired) electrons.